The van der Waals surface area contributed by atoms with Gasteiger partial charge in [-0.1, -0.05) is 0 Å². The molecule has 1 aliphatic heterocycles. The summed E-state index contributed by atoms with van der Waals surface area (Å²) in [6.07, 6.45) is 0.231. The summed E-state index contributed by atoms with van der Waals surface area (Å²) < 4.78 is 9.95. The summed E-state index contributed by atoms with van der Waals surface area (Å²) in [5.74, 6) is 0.256. The SMILES string of the molecule is [C-]#[N+]/C(C#N)=C1\N(CCC(=O)OCC)CCN1COC. The molecule has 1 aliphatic rings. The molecule has 0 aromatic heterocycles. The van der Waals surface area contributed by atoms with Crippen LogP contribution >= 0.6 is 0 Å². The van der Waals surface area contributed by atoms with E-state index in [1.165, 1.54) is 0 Å². The molecule has 0 spiro atoms. The zero-order valence-corrected chi connectivity index (χ0v) is 11.8. The number of carbonyl (C=O) groups excluding carboxylic acids is 1. The summed E-state index contributed by atoms with van der Waals surface area (Å²) in [5, 5.41) is 9.04. The molecule has 1 rings (SSSR count). The van der Waals surface area contributed by atoms with Crippen LogP contribution in [0.5, 0.6) is 0 Å². The lowest BCUT2D eigenvalue weighted by atomic mass is 10.3. The number of ether oxygens (including phenoxy) is 2. The van der Waals surface area contributed by atoms with E-state index in [9.17, 15) is 4.79 Å². The summed E-state index contributed by atoms with van der Waals surface area (Å²) in [6, 6.07) is 1.90. The van der Waals surface area contributed by atoms with E-state index in [2.05, 4.69) is 4.85 Å². The molecule has 7 heteroatoms. The Morgan fingerprint density at radius 2 is 2.20 bits per heavy atom. The van der Waals surface area contributed by atoms with E-state index in [0.717, 1.165) is 0 Å². The van der Waals surface area contributed by atoms with Crippen molar-refractivity contribution in [3.05, 3.63) is 22.9 Å². The molecule has 0 radical (unpaired) electrons. The number of nitrogens with zero attached hydrogens (tertiary/aromatic N) is 4. The van der Waals surface area contributed by atoms with E-state index in [1.807, 2.05) is 15.9 Å². The number of esters is 1. The van der Waals surface area contributed by atoms with Gasteiger partial charge in [0.05, 0.1) is 25.7 Å². The van der Waals surface area contributed by atoms with Gasteiger partial charge in [-0.3, -0.25) is 4.79 Å². The summed E-state index contributed by atoms with van der Waals surface area (Å²) in [5.41, 5.74) is 0.0170. The second-order valence-corrected chi connectivity index (χ2v) is 4.12. The van der Waals surface area contributed by atoms with Crippen molar-refractivity contribution in [3.63, 3.8) is 0 Å². The molecule has 0 aromatic rings. The maximum Gasteiger partial charge on any atom is 0.307 e. The third-order valence-corrected chi connectivity index (χ3v) is 2.84. The smallest absolute Gasteiger partial charge is 0.307 e. The molecular weight excluding hydrogens is 260 g/mol. The fourth-order valence-corrected chi connectivity index (χ4v) is 2.04. The summed E-state index contributed by atoms with van der Waals surface area (Å²) >= 11 is 0. The van der Waals surface area contributed by atoms with Crippen molar-refractivity contribution in [2.24, 2.45) is 0 Å². The van der Waals surface area contributed by atoms with Crippen molar-refractivity contribution in [3.8, 4) is 6.07 Å². The third-order valence-electron chi connectivity index (χ3n) is 2.84. The molecule has 1 fully saturated rings. The fraction of sp³-hybridized carbons (Fsp3) is 0.615. The van der Waals surface area contributed by atoms with Crippen LogP contribution in [-0.4, -0.2) is 55.9 Å². The van der Waals surface area contributed by atoms with Crippen molar-refractivity contribution in [2.45, 2.75) is 13.3 Å². The highest BCUT2D eigenvalue weighted by Crippen LogP contribution is 2.22. The predicted molar refractivity (Wildman–Crippen MR) is 70.6 cm³/mol. The van der Waals surface area contributed by atoms with Crippen LogP contribution in [0.3, 0.4) is 0 Å². The Balaban J connectivity index is 2.81. The van der Waals surface area contributed by atoms with Gasteiger partial charge in [-0.2, -0.15) is 0 Å². The first-order chi connectivity index (χ1) is 9.67. The number of allylic oxidation sites excluding steroid dienone is 1. The first-order valence-electron chi connectivity index (χ1n) is 6.34. The number of rotatable bonds is 6. The van der Waals surface area contributed by atoms with Gasteiger partial charge in [0.25, 0.3) is 0 Å². The highest BCUT2D eigenvalue weighted by atomic mass is 16.5. The van der Waals surface area contributed by atoms with Crippen molar-refractivity contribution in [2.75, 3.05) is 40.1 Å². The molecule has 0 amide bonds. The van der Waals surface area contributed by atoms with Gasteiger partial charge in [-0.15, -0.1) is 0 Å². The van der Waals surface area contributed by atoms with Crippen molar-refractivity contribution in [1.29, 1.82) is 5.26 Å². The molecule has 1 heterocycles. The lowest BCUT2D eigenvalue weighted by Gasteiger charge is -2.24. The van der Waals surface area contributed by atoms with E-state index < -0.39 is 0 Å². The van der Waals surface area contributed by atoms with Crippen LogP contribution in [0.4, 0.5) is 0 Å². The van der Waals surface area contributed by atoms with E-state index in [1.54, 1.807) is 14.0 Å². The molecule has 0 aliphatic carbocycles. The minimum atomic E-state index is -0.279. The van der Waals surface area contributed by atoms with Gasteiger partial charge in [0.15, 0.2) is 0 Å². The lowest BCUT2D eigenvalue weighted by Crippen LogP contribution is -2.28. The van der Waals surface area contributed by atoms with Gasteiger partial charge < -0.3 is 19.3 Å². The van der Waals surface area contributed by atoms with Crippen molar-refractivity contribution in [1.82, 2.24) is 9.80 Å². The molecule has 0 saturated carbocycles. The highest BCUT2D eigenvalue weighted by Gasteiger charge is 2.28. The van der Waals surface area contributed by atoms with Crippen molar-refractivity contribution < 1.29 is 14.3 Å². The van der Waals surface area contributed by atoms with E-state index in [-0.39, 0.29) is 18.1 Å². The summed E-state index contributed by atoms with van der Waals surface area (Å²) in [4.78, 5) is 18.3. The molecule has 0 unspecified atom stereocenters. The first-order valence-corrected chi connectivity index (χ1v) is 6.34. The topological polar surface area (TPSA) is 70.2 Å². The standard InChI is InChI=1S/C13H18N4O3/c1-4-20-12(18)5-6-16-7-8-17(10-19-3)13(16)11(9-14)15-2/h4-8,10H2,1,3H3/b13-11+. The van der Waals surface area contributed by atoms with Crippen LogP contribution in [0.1, 0.15) is 13.3 Å². The van der Waals surface area contributed by atoms with E-state index >= 15 is 0 Å². The van der Waals surface area contributed by atoms with Crippen LogP contribution < -0.4 is 0 Å². The maximum absolute atomic E-state index is 11.4. The normalized spacial score (nSPS) is 16.6. The van der Waals surface area contributed by atoms with Crippen LogP contribution in [0.2, 0.25) is 0 Å². The molecule has 108 valence electrons. The molecule has 1 saturated heterocycles. The summed E-state index contributed by atoms with van der Waals surface area (Å²) in [6.45, 7) is 11.2. The lowest BCUT2D eigenvalue weighted by molar-refractivity contribution is -0.143. The predicted octanol–water partition coefficient (Wildman–Crippen LogP) is 0.773. The maximum atomic E-state index is 11.4. The largest absolute Gasteiger partial charge is 0.466 e. The Morgan fingerprint density at radius 1 is 1.50 bits per heavy atom. The minimum absolute atomic E-state index is 0.0170. The van der Waals surface area contributed by atoms with Gasteiger partial charge in [0.2, 0.25) is 0 Å². The number of carbonyl (C=O) groups is 1. The number of methoxy groups -OCH3 is 1. The second kappa shape index (κ2) is 8.03. The van der Waals surface area contributed by atoms with Gasteiger partial charge in [0, 0.05) is 26.7 Å². The fourth-order valence-electron chi connectivity index (χ4n) is 2.04. The Bertz CT molecular complexity index is 445. The van der Waals surface area contributed by atoms with Crippen LogP contribution in [-0.2, 0) is 14.3 Å². The Morgan fingerprint density at radius 3 is 2.75 bits per heavy atom. The van der Waals surface area contributed by atoms with Gasteiger partial charge in [0.1, 0.15) is 12.6 Å². The Hall–Kier alpha value is -2.25. The highest BCUT2D eigenvalue weighted by molar-refractivity contribution is 5.69. The van der Waals surface area contributed by atoms with Crippen LogP contribution in [0, 0.1) is 17.9 Å². The summed E-state index contributed by atoms with van der Waals surface area (Å²) in [7, 11) is 1.56. The number of hydrogen-bond donors (Lipinski definition) is 0. The average molecular weight is 278 g/mol. The molecule has 7 nitrogen and oxygen atoms in total. The zero-order valence-electron chi connectivity index (χ0n) is 11.8. The first kappa shape index (κ1) is 15.8. The van der Waals surface area contributed by atoms with Crippen LogP contribution in [0.25, 0.3) is 4.85 Å². The monoisotopic (exact) mass is 278 g/mol. The van der Waals surface area contributed by atoms with Crippen LogP contribution in [0.15, 0.2) is 11.5 Å². The molecule has 0 bridgehead atoms. The quantitative estimate of drug-likeness (QED) is 0.406. The third kappa shape index (κ3) is 3.87. The van der Waals surface area contributed by atoms with Crippen molar-refractivity contribution >= 4 is 5.97 Å². The molecular formula is C13H18N4O3. The molecule has 0 N–H and O–H groups in total. The Labute approximate surface area is 118 Å². The van der Waals surface area contributed by atoms with E-state index in [4.69, 9.17) is 21.3 Å². The molecule has 0 atom stereocenters. The number of nitriles is 1. The Kier molecular flexibility index (Phi) is 6.34. The zero-order chi connectivity index (χ0) is 15.0. The second-order valence-electron chi connectivity index (χ2n) is 4.12. The van der Waals surface area contributed by atoms with Gasteiger partial charge in [-0.05, 0) is 6.92 Å². The average Bonchev–Trinajstić information content (AvgIpc) is 2.82. The van der Waals surface area contributed by atoms with E-state index in [0.29, 0.717) is 38.8 Å². The number of hydrogen-bond acceptors (Lipinski definition) is 6. The van der Waals surface area contributed by atoms with Gasteiger partial charge >= 0.3 is 11.7 Å². The molecule has 20 heavy (non-hydrogen) atoms. The minimum Gasteiger partial charge on any atom is -0.466 e. The molecule has 0 aromatic carbocycles. The van der Waals surface area contributed by atoms with Gasteiger partial charge in [-0.25, -0.2) is 10.1 Å².